The van der Waals surface area contributed by atoms with E-state index in [1.54, 1.807) is 6.07 Å². The Morgan fingerprint density at radius 1 is 1.24 bits per heavy atom. The quantitative estimate of drug-likeness (QED) is 0.678. The van der Waals surface area contributed by atoms with Crippen LogP contribution in [0.1, 0.15) is 45.1 Å². The van der Waals surface area contributed by atoms with E-state index in [1.807, 2.05) is 16.8 Å². The summed E-state index contributed by atoms with van der Waals surface area (Å²) < 4.78 is 1.94. The first-order valence-corrected chi connectivity index (χ1v) is 7.88. The summed E-state index contributed by atoms with van der Waals surface area (Å²) in [5.74, 6) is 1.28. The standard InChI is InChI=1S/C15H20ClN5/c1-10-6-3-2-4-9-13(10)21-15(18-19-20-21)11-7-5-8-12(16)14(11)17/h5,7-8,10,13H,2-4,6,9,17H2,1H3. The van der Waals surface area contributed by atoms with Gasteiger partial charge >= 0.3 is 0 Å². The Balaban J connectivity index is 2.02. The first-order chi connectivity index (χ1) is 10.2. The number of aromatic nitrogens is 4. The molecule has 3 rings (SSSR count). The predicted molar refractivity (Wildman–Crippen MR) is 84.0 cm³/mol. The second kappa shape index (κ2) is 6.02. The van der Waals surface area contributed by atoms with Crippen molar-refractivity contribution in [3.05, 3.63) is 23.2 Å². The highest BCUT2D eigenvalue weighted by molar-refractivity contribution is 6.33. The molecule has 0 saturated heterocycles. The molecule has 5 nitrogen and oxygen atoms in total. The Morgan fingerprint density at radius 2 is 2.05 bits per heavy atom. The van der Waals surface area contributed by atoms with E-state index in [0.29, 0.717) is 28.5 Å². The van der Waals surface area contributed by atoms with Gasteiger partial charge in [-0.25, -0.2) is 4.68 Å². The van der Waals surface area contributed by atoms with Crippen LogP contribution < -0.4 is 5.73 Å². The van der Waals surface area contributed by atoms with Crippen molar-refractivity contribution in [3.8, 4) is 11.4 Å². The van der Waals surface area contributed by atoms with Gasteiger partial charge < -0.3 is 5.73 Å². The second-order valence-corrected chi connectivity index (χ2v) is 6.24. The Bertz CT molecular complexity index is 624. The van der Waals surface area contributed by atoms with Crippen LogP contribution in [0.5, 0.6) is 0 Å². The smallest absolute Gasteiger partial charge is 0.184 e. The molecule has 1 heterocycles. The maximum absolute atomic E-state index is 6.12. The van der Waals surface area contributed by atoms with E-state index in [2.05, 4.69) is 22.4 Å². The molecule has 0 spiro atoms. The van der Waals surface area contributed by atoms with Crippen molar-refractivity contribution in [3.63, 3.8) is 0 Å². The van der Waals surface area contributed by atoms with E-state index < -0.39 is 0 Å². The van der Waals surface area contributed by atoms with Gasteiger partial charge in [-0.1, -0.05) is 43.9 Å². The van der Waals surface area contributed by atoms with Crippen LogP contribution in [0.25, 0.3) is 11.4 Å². The number of rotatable bonds is 2. The summed E-state index contributed by atoms with van der Waals surface area (Å²) in [6, 6.07) is 5.91. The number of nitrogens with zero attached hydrogens (tertiary/aromatic N) is 4. The fourth-order valence-corrected chi connectivity index (χ4v) is 3.34. The molecule has 2 atom stereocenters. The van der Waals surface area contributed by atoms with E-state index in [0.717, 1.165) is 12.0 Å². The zero-order chi connectivity index (χ0) is 14.8. The fraction of sp³-hybridized carbons (Fsp3) is 0.533. The highest BCUT2D eigenvalue weighted by atomic mass is 35.5. The molecule has 0 radical (unpaired) electrons. The van der Waals surface area contributed by atoms with E-state index in [4.69, 9.17) is 17.3 Å². The lowest BCUT2D eigenvalue weighted by Crippen LogP contribution is -2.19. The molecule has 1 aromatic carbocycles. The summed E-state index contributed by atoms with van der Waals surface area (Å²) in [7, 11) is 0. The van der Waals surface area contributed by atoms with Gasteiger partial charge in [-0.05, 0) is 41.3 Å². The Morgan fingerprint density at radius 3 is 2.90 bits per heavy atom. The van der Waals surface area contributed by atoms with Crippen LogP contribution in [-0.2, 0) is 0 Å². The molecule has 2 N–H and O–H groups in total. The molecule has 1 fully saturated rings. The minimum Gasteiger partial charge on any atom is -0.397 e. The Labute approximate surface area is 129 Å². The molecule has 1 aliphatic carbocycles. The van der Waals surface area contributed by atoms with Crippen molar-refractivity contribution in [1.29, 1.82) is 0 Å². The lowest BCUT2D eigenvalue weighted by Gasteiger charge is -2.22. The minimum atomic E-state index is 0.330. The van der Waals surface area contributed by atoms with E-state index in [-0.39, 0.29) is 0 Å². The molecule has 0 bridgehead atoms. The van der Waals surface area contributed by atoms with Gasteiger partial charge in [0.2, 0.25) is 0 Å². The van der Waals surface area contributed by atoms with Gasteiger partial charge in [0, 0.05) is 5.56 Å². The summed E-state index contributed by atoms with van der Waals surface area (Å²) >= 11 is 6.12. The van der Waals surface area contributed by atoms with Gasteiger partial charge in [0.25, 0.3) is 0 Å². The maximum atomic E-state index is 6.12. The highest BCUT2D eigenvalue weighted by Gasteiger charge is 2.26. The number of nitrogens with two attached hydrogens (primary N) is 1. The minimum absolute atomic E-state index is 0.330. The van der Waals surface area contributed by atoms with Crippen molar-refractivity contribution < 1.29 is 0 Å². The van der Waals surface area contributed by atoms with Crippen molar-refractivity contribution in [2.75, 3.05) is 5.73 Å². The normalized spacial score (nSPS) is 23.0. The molecule has 1 aliphatic rings. The van der Waals surface area contributed by atoms with Crippen LogP contribution in [-0.4, -0.2) is 20.2 Å². The molecular weight excluding hydrogens is 286 g/mol. The van der Waals surface area contributed by atoms with Gasteiger partial charge in [-0.15, -0.1) is 5.10 Å². The lowest BCUT2D eigenvalue weighted by atomic mass is 9.97. The number of benzene rings is 1. The first-order valence-electron chi connectivity index (χ1n) is 7.50. The number of para-hydroxylation sites is 1. The van der Waals surface area contributed by atoms with Crippen LogP contribution in [0.2, 0.25) is 5.02 Å². The monoisotopic (exact) mass is 305 g/mol. The van der Waals surface area contributed by atoms with E-state index in [1.165, 1.54) is 25.7 Å². The van der Waals surface area contributed by atoms with E-state index in [9.17, 15) is 0 Å². The summed E-state index contributed by atoms with van der Waals surface area (Å²) in [6.07, 6.45) is 6.13. The van der Waals surface area contributed by atoms with Gasteiger partial charge in [-0.3, -0.25) is 0 Å². The van der Waals surface area contributed by atoms with Crippen LogP contribution >= 0.6 is 11.6 Å². The molecule has 2 aromatic rings. The van der Waals surface area contributed by atoms with E-state index >= 15 is 0 Å². The molecule has 21 heavy (non-hydrogen) atoms. The average Bonchev–Trinajstić information content (AvgIpc) is 2.84. The zero-order valence-electron chi connectivity index (χ0n) is 12.2. The SMILES string of the molecule is CC1CCCCCC1n1nnnc1-c1cccc(Cl)c1N. The zero-order valence-corrected chi connectivity index (χ0v) is 12.9. The van der Waals surface area contributed by atoms with Crippen LogP contribution in [0.3, 0.4) is 0 Å². The lowest BCUT2D eigenvalue weighted by molar-refractivity contribution is 0.306. The third-order valence-corrected chi connectivity index (χ3v) is 4.75. The van der Waals surface area contributed by atoms with Crippen LogP contribution in [0.4, 0.5) is 5.69 Å². The number of halogens is 1. The predicted octanol–water partition coefficient (Wildman–Crippen LogP) is 3.72. The number of hydrogen-bond donors (Lipinski definition) is 1. The molecule has 0 aliphatic heterocycles. The van der Waals surface area contributed by atoms with Crippen LogP contribution in [0.15, 0.2) is 18.2 Å². The Kier molecular flexibility index (Phi) is 4.10. The molecule has 2 unspecified atom stereocenters. The average molecular weight is 306 g/mol. The van der Waals surface area contributed by atoms with Gasteiger partial charge in [0.1, 0.15) is 0 Å². The van der Waals surface area contributed by atoms with Crippen molar-refractivity contribution in [1.82, 2.24) is 20.2 Å². The number of tetrazole rings is 1. The second-order valence-electron chi connectivity index (χ2n) is 5.83. The third-order valence-electron chi connectivity index (χ3n) is 4.42. The topological polar surface area (TPSA) is 69.6 Å². The van der Waals surface area contributed by atoms with Gasteiger partial charge in [0.15, 0.2) is 5.82 Å². The summed E-state index contributed by atoms with van der Waals surface area (Å²) in [5.41, 5.74) is 7.44. The van der Waals surface area contributed by atoms with Gasteiger partial charge in [-0.2, -0.15) is 0 Å². The largest absolute Gasteiger partial charge is 0.397 e. The first kappa shape index (κ1) is 14.3. The molecular formula is C15H20ClN5. The number of hydrogen-bond acceptors (Lipinski definition) is 4. The van der Waals surface area contributed by atoms with Crippen molar-refractivity contribution in [2.45, 2.75) is 45.1 Å². The summed E-state index contributed by atoms with van der Waals surface area (Å²) in [4.78, 5) is 0. The molecule has 0 amide bonds. The van der Waals surface area contributed by atoms with Crippen LogP contribution in [0, 0.1) is 5.92 Å². The van der Waals surface area contributed by atoms with Crippen molar-refractivity contribution >= 4 is 17.3 Å². The van der Waals surface area contributed by atoms with Gasteiger partial charge in [0.05, 0.1) is 16.8 Å². The van der Waals surface area contributed by atoms with Crippen molar-refractivity contribution in [2.24, 2.45) is 5.92 Å². The molecule has 112 valence electrons. The number of nitrogen functional groups attached to an aromatic ring is 1. The third kappa shape index (κ3) is 2.75. The highest BCUT2D eigenvalue weighted by Crippen LogP contribution is 2.36. The number of anilines is 1. The molecule has 6 heteroatoms. The summed E-state index contributed by atoms with van der Waals surface area (Å²) in [6.45, 7) is 2.28. The fourth-order valence-electron chi connectivity index (χ4n) is 3.16. The molecule has 1 aromatic heterocycles. The maximum Gasteiger partial charge on any atom is 0.184 e. The summed E-state index contributed by atoms with van der Waals surface area (Å²) in [5, 5.41) is 12.8. The Hall–Kier alpha value is -1.62. The molecule has 1 saturated carbocycles.